The molecule has 2 aromatic carbocycles. The first-order valence-electron chi connectivity index (χ1n) is 8.63. The SMILES string of the molecule is CN(c1ccc(C(=O)NCC2CCCO2)c(Cl)c1)S(=O)(=O)c1ccccc1. The Kier molecular flexibility index (Phi) is 6.04. The number of halogens is 1. The minimum atomic E-state index is -3.71. The number of anilines is 1. The summed E-state index contributed by atoms with van der Waals surface area (Å²) in [4.78, 5) is 12.5. The molecule has 0 aromatic heterocycles. The standard InChI is InChI=1S/C19H21ClN2O4S/c1-22(27(24,25)16-7-3-2-4-8-16)14-9-10-17(18(20)12-14)19(23)21-13-15-6-5-11-26-15/h2-4,7-10,12,15H,5-6,11,13H2,1H3,(H,21,23). The average Bonchev–Trinajstić information content (AvgIpc) is 3.19. The Hall–Kier alpha value is -2.09. The van der Waals surface area contributed by atoms with Gasteiger partial charge in [0.25, 0.3) is 15.9 Å². The number of benzene rings is 2. The number of hydrogen-bond acceptors (Lipinski definition) is 4. The van der Waals surface area contributed by atoms with E-state index in [2.05, 4.69) is 5.32 Å². The lowest BCUT2D eigenvalue weighted by molar-refractivity contribution is 0.0858. The lowest BCUT2D eigenvalue weighted by Gasteiger charge is -2.20. The van der Waals surface area contributed by atoms with Crippen molar-refractivity contribution in [3.63, 3.8) is 0 Å². The van der Waals surface area contributed by atoms with E-state index in [4.69, 9.17) is 16.3 Å². The van der Waals surface area contributed by atoms with Crippen LogP contribution in [0.2, 0.25) is 5.02 Å². The van der Waals surface area contributed by atoms with Crippen molar-refractivity contribution in [3.8, 4) is 0 Å². The van der Waals surface area contributed by atoms with Crippen molar-refractivity contribution in [1.29, 1.82) is 0 Å². The zero-order valence-corrected chi connectivity index (χ0v) is 16.5. The summed E-state index contributed by atoms with van der Waals surface area (Å²) in [6, 6.07) is 12.7. The topological polar surface area (TPSA) is 75.7 Å². The van der Waals surface area contributed by atoms with Crippen molar-refractivity contribution >= 4 is 33.2 Å². The van der Waals surface area contributed by atoms with Crippen LogP contribution < -0.4 is 9.62 Å². The summed E-state index contributed by atoms with van der Waals surface area (Å²) in [7, 11) is -2.26. The van der Waals surface area contributed by atoms with Gasteiger partial charge in [0.1, 0.15) is 0 Å². The predicted molar refractivity (Wildman–Crippen MR) is 105 cm³/mol. The third kappa shape index (κ3) is 4.43. The van der Waals surface area contributed by atoms with Gasteiger partial charge in [-0.2, -0.15) is 0 Å². The van der Waals surface area contributed by atoms with Crippen molar-refractivity contribution < 1.29 is 17.9 Å². The highest BCUT2D eigenvalue weighted by Gasteiger charge is 2.23. The molecule has 6 nitrogen and oxygen atoms in total. The molecule has 0 radical (unpaired) electrons. The van der Waals surface area contributed by atoms with Crippen LogP contribution in [0.1, 0.15) is 23.2 Å². The number of ether oxygens (including phenoxy) is 1. The monoisotopic (exact) mass is 408 g/mol. The lowest BCUT2D eigenvalue weighted by atomic mass is 10.2. The number of carbonyl (C=O) groups excluding carboxylic acids is 1. The van der Waals surface area contributed by atoms with Crippen LogP contribution in [-0.2, 0) is 14.8 Å². The highest BCUT2D eigenvalue weighted by molar-refractivity contribution is 7.92. The van der Waals surface area contributed by atoms with Gasteiger partial charge in [-0.3, -0.25) is 9.10 Å². The molecule has 1 aliphatic rings. The van der Waals surface area contributed by atoms with E-state index in [-0.39, 0.29) is 21.9 Å². The minimum Gasteiger partial charge on any atom is -0.376 e. The first-order chi connectivity index (χ1) is 12.9. The molecule has 0 bridgehead atoms. The number of hydrogen-bond donors (Lipinski definition) is 1. The zero-order valence-electron chi connectivity index (χ0n) is 14.9. The van der Waals surface area contributed by atoms with Crippen molar-refractivity contribution in [2.75, 3.05) is 24.5 Å². The molecule has 1 atom stereocenters. The van der Waals surface area contributed by atoms with E-state index in [9.17, 15) is 13.2 Å². The second-order valence-corrected chi connectivity index (χ2v) is 8.67. The van der Waals surface area contributed by atoms with Gasteiger partial charge >= 0.3 is 0 Å². The molecule has 2 aromatic rings. The van der Waals surface area contributed by atoms with E-state index in [0.717, 1.165) is 23.8 Å². The smallest absolute Gasteiger partial charge is 0.264 e. The summed E-state index contributed by atoms with van der Waals surface area (Å²) in [5, 5.41) is 2.99. The van der Waals surface area contributed by atoms with Crippen molar-refractivity contribution in [2.45, 2.75) is 23.8 Å². The normalized spacial score (nSPS) is 16.9. The first-order valence-corrected chi connectivity index (χ1v) is 10.4. The molecular weight excluding hydrogens is 388 g/mol. The predicted octanol–water partition coefficient (Wildman–Crippen LogP) is 3.07. The second-order valence-electron chi connectivity index (χ2n) is 6.29. The van der Waals surface area contributed by atoms with Gasteiger partial charge < -0.3 is 10.1 Å². The highest BCUT2D eigenvalue weighted by Crippen LogP contribution is 2.27. The molecule has 1 aliphatic heterocycles. The summed E-state index contributed by atoms with van der Waals surface area (Å²) >= 11 is 6.25. The van der Waals surface area contributed by atoms with Gasteiger partial charge in [0, 0.05) is 20.2 Å². The van der Waals surface area contributed by atoms with E-state index in [1.54, 1.807) is 24.3 Å². The van der Waals surface area contributed by atoms with Gasteiger partial charge in [-0.15, -0.1) is 0 Å². The van der Waals surface area contributed by atoms with Crippen LogP contribution in [-0.4, -0.2) is 40.6 Å². The molecule has 1 unspecified atom stereocenters. The van der Waals surface area contributed by atoms with Crippen LogP contribution in [0, 0.1) is 0 Å². The molecule has 1 heterocycles. The van der Waals surface area contributed by atoms with Crippen LogP contribution >= 0.6 is 11.6 Å². The van der Waals surface area contributed by atoms with Gasteiger partial charge in [-0.1, -0.05) is 29.8 Å². The summed E-state index contributed by atoms with van der Waals surface area (Å²) < 4.78 is 32.0. The Labute approximate surface area is 164 Å². The van der Waals surface area contributed by atoms with E-state index in [0.29, 0.717) is 17.8 Å². The molecule has 3 rings (SSSR count). The fourth-order valence-corrected chi connectivity index (χ4v) is 4.35. The summed E-state index contributed by atoms with van der Waals surface area (Å²) in [6.07, 6.45) is 1.96. The van der Waals surface area contributed by atoms with E-state index < -0.39 is 10.0 Å². The molecular formula is C19H21ClN2O4S. The molecule has 27 heavy (non-hydrogen) atoms. The first kappa shape index (κ1) is 19.7. The van der Waals surface area contributed by atoms with Crippen molar-refractivity contribution in [1.82, 2.24) is 5.32 Å². The van der Waals surface area contributed by atoms with Gasteiger partial charge in [0.2, 0.25) is 0 Å². The van der Waals surface area contributed by atoms with Gasteiger partial charge in [0.15, 0.2) is 0 Å². The highest BCUT2D eigenvalue weighted by atomic mass is 35.5. The van der Waals surface area contributed by atoms with Crippen LogP contribution in [0.3, 0.4) is 0 Å². The van der Waals surface area contributed by atoms with Crippen LogP contribution in [0.5, 0.6) is 0 Å². The van der Waals surface area contributed by atoms with Gasteiger partial charge in [0.05, 0.1) is 27.3 Å². The molecule has 0 spiro atoms. The Bertz CT molecular complexity index is 913. The summed E-state index contributed by atoms with van der Waals surface area (Å²) in [6.45, 7) is 1.15. The summed E-state index contributed by atoms with van der Waals surface area (Å²) in [5.74, 6) is -0.310. The molecule has 1 fully saturated rings. The fourth-order valence-electron chi connectivity index (χ4n) is 2.88. The molecule has 8 heteroatoms. The molecule has 0 aliphatic carbocycles. The number of sulfonamides is 1. The Morgan fingerprint density at radius 2 is 2.00 bits per heavy atom. The quantitative estimate of drug-likeness (QED) is 0.796. The van der Waals surface area contributed by atoms with E-state index >= 15 is 0 Å². The lowest BCUT2D eigenvalue weighted by Crippen LogP contribution is -2.32. The Morgan fingerprint density at radius 3 is 2.63 bits per heavy atom. The zero-order chi connectivity index (χ0) is 19.4. The number of nitrogens with one attached hydrogen (secondary N) is 1. The molecule has 0 saturated carbocycles. The largest absolute Gasteiger partial charge is 0.376 e. The third-order valence-electron chi connectivity index (χ3n) is 4.48. The molecule has 144 valence electrons. The summed E-state index contributed by atoms with van der Waals surface area (Å²) in [5.41, 5.74) is 0.670. The van der Waals surface area contributed by atoms with Crippen LogP contribution in [0.15, 0.2) is 53.4 Å². The maximum absolute atomic E-state index is 12.7. The van der Waals surface area contributed by atoms with Crippen molar-refractivity contribution in [3.05, 3.63) is 59.1 Å². The third-order valence-corrected chi connectivity index (χ3v) is 6.59. The van der Waals surface area contributed by atoms with Gasteiger partial charge in [-0.05, 0) is 43.2 Å². The van der Waals surface area contributed by atoms with Gasteiger partial charge in [-0.25, -0.2) is 8.42 Å². The number of nitrogens with zero attached hydrogens (tertiary/aromatic N) is 1. The maximum atomic E-state index is 12.7. The molecule has 1 saturated heterocycles. The van der Waals surface area contributed by atoms with Crippen molar-refractivity contribution in [2.24, 2.45) is 0 Å². The van der Waals surface area contributed by atoms with Crippen LogP contribution in [0.4, 0.5) is 5.69 Å². The number of amides is 1. The Balaban J connectivity index is 1.74. The average molecular weight is 409 g/mol. The Morgan fingerprint density at radius 1 is 1.26 bits per heavy atom. The maximum Gasteiger partial charge on any atom is 0.264 e. The van der Waals surface area contributed by atoms with E-state index in [1.165, 1.54) is 31.3 Å². The number of carbonyl (C=O) groups is 1. The fraction of sp³-hybridized carbons (Fsp3) is 0.316. The second kappa shape index (κ2) is 8.29. The molecule has 1 amide bonds. The minimum absolute atomic E-state index is 0.0362. The van der Waals surface area contributed by atoms with E-state index in [1.807, 2.05) is 0 Å². The number of rotatable bonds is 6. The molecule has 1 N–H and O–H groups in total. The van der Waals surface area contributed by atoms with Crippen LogP contribution in [0.25, 0.3) is 0 Å².